The van der Waals surface area contributed by atoms with E-state index in [-0.39, 0.29) is 11.9 Å². The van der Waals surface area contributed by atoms with Crippen molar-refractivity contribution in [3.8, 4) is 0 Å². The Bertz CT molecular complexity index is 641. The van der Waals surface area contributed by atoms with E-state index in [0.29, 0.717) is 6.61 Å². The summed E-state index contributed by atoms with van der Waals surface area (Å²) >= 11 is 0. The number of rotatable bonds is 5. The van der Waals surface area contributed by atoms with Crippen LogP contribution in [0, 0.1) is 0 Å². The van der Waals surface area contributed by atoms with E-state index in [4.69, 9.17) is 4.84 Å². The van der Waals surface area contributed by atoms with Gasteiger partial charge >= 0.3 is 0 Å². The van der Waals surface area contributed by atoms with E-state index in [2.05, 4.69) is 13.8 Å². The smallest absolute Gasteiger partial charge is 0.259 e. The van der Waals surface area contributed by atoms with Gasteiger partial charge in [0.2, 0.25) is 0 Å². The summed E-state index contributed by atoms with van der Waals surface area (Å²) in [5.41, 5.74) is 1.70. The largest absolute Gasteiger partial charge is 0.271 e. The molecule has 3 rings (SSSR count). The minimum absolute atomic E-state index is 0.0381. The molecule has 0 radical (unpaired) electrons. The Morgan fingerprint density at radius 1 is 1.05 bits per heavy atom. The summed E-state index contributed by atoms with van der Waals surface area (Å²) in [4.78, 5) is 18.5. The summed E-state index contributed by atoms with van der Waals surface area (Å²) < 4.78 is 0. The number of hydroxylamine groups is 2. The van der Waals surface area contributed by atoms with Gasteiger partial charge in [-0.2, -0.15) is 0 Å². The van der Waals surface area contributed by atoms with Crippen LogP contribution in [0.1, 0.15) is 31.4 Å². The average molecular weight is 295 g/mol. The molecule has 0 aromatic heterocycles. The van der Waals surface area contributed by atoms with Crippen LogP contribution in [0.5, 0.6) is 0 Å². The van der Waals surface area contributed by atoms with E-state index in [1.165, 1.54) is 5.06 Å². The highest BCUT2D eigenvalue weighted by molar-refractivity contribution is 5.94. The standard InChI is InChI=1S/C19H21NO2/c1-3-19(17-12-8-5-9-13-17)15(2)20(18(19)21)22-14-16-10-6-4-7-11-16/h4-13,15H,3,14H2,1-2H3. The van der Waals surface area contributed by atoms with Crippen LogP contribution in [0.2, 0.25) is 0 Å². The van der Waals surface area contributed by atoms with Gasteiger partial charge in [-0.3, -0.25) is 9.63 Å². The fourth-order valence-corrected chi connectivity index (χ4v) is 3.32. The highest BCUT2D eigenvalue weighted by Crippen LogP contribution is 2.45. The fourth-order valence-electron chi connectivity index (χ4n) is 3.32. The van der Waals surface area contributed by atoms with Crippen molar-refractivity contribution in [3.05, 3.63) is 71.8 Å². The number of carbonyl (C=O) groups excluding carboxylic acids is 1. The van der Waals surface area contributed by atoms with Crippen molar-refractivity contribution in [3.63, 3.8) is 0 Å². The monoisotopic (exact) mass is 295 g/mol. The lowest BCUT2D eigenvalue weighted by molar-refractivity contribution is -0.252. The fraction of sp³-hybridized carbons (Fsp3) is 0.316. The predicted octanol–water partition coefficient (Wildman–Crippen LogP) is 3.70. The molecule has 2 aromatic rings. The van der Waals surface area contributed by atoms with E-state index in [1.807, 2.05) is 60.7 Å². The van der Waals surface area contributed by atoms with Gasteiger partial charge in [0.25, 0.3) is 5.91 Å². The molecule has 1 saturated heterocycles. The number of carbonyl (C=O) groups is 1. The summed E-state index contributed by atoms with van der Waals surface area (Å²) in [6.07, 6.45) is 0.780. The lowest BCUT2D eigenvalue weighted by atomic mass is 9.66. The first-order valence-corrected chi connectivity index (χ1v) is 7.76. The summed E-state index contributed by atoms with van der Waals surface area (Å²) in [7, 11) is 0. The molecule has 2 atom stereocenters. The molecule has 1 amide bonds. The van der Waals surface area contributed by atoms with Crippen LogP contribution in [0.25, 0.3) is 0 Å². The van der Waals surface area contributed by atoms with Crippen molar-refractivity contribution in [1.82, 2.24) is 5.06 Å². The molecule has 1 aliphatic rings. The Kier molecular flexibility index (Phi) is 3.99. The Labute approximate surface area is 131 Å². The Balaban J connectivity index is 1.74. The highest BCUT2D eigenvalue weighted by Gasteiger charge is 2.59. The number of hydrogen-bond donors (Lipinski definition) is 0. The SMILES string of the molecule is CCC1(c2ccccc2)C(=O)N(OCc2ccccc2)C1C. The highest BCUT2D eigenvalue weighted by atomic mass is 16.7. The third kappa shape index (κ3) is 2.22. The molecular weight excluding hydrogens is 274 g/mol. The zero-order valence-electron chi connectivity index (χ0n) is 13.0. The van der Waals surface area contributed by atoms with E-state index >= 15 is 0 Å². The first-order valence-electron chi connectivity index (χ1n) is 7.76. The molecule has 2 aromatic carbocycles. The molecule has 22 heavy (non-hydrogen) atoms. The normalized spacial score (nSPS) is 24.2. The molecule has 0 bridgehead atoms. The van der Waals surface area contributed by atoms with Crippen LogP contribution in [-0.2, 0) is 21.7 Å². The van der Waals surface area contributed by atoms with Crippen LogP contribution < -0.4 is 0 Å². The third-order valence-corrected chi connectivity index (χ3v) is 4.71. The first-order chi connectivity index (χ1) is 10.7. The summed E-state index contributed by atoms with van der Waals surface area (Å²) in [5, 5.41) is 1.53. The van der Waals surface area contributed by atoms with Crippen LogP contribution in [0.15, 0.2) is 60.7 Å². The van der Waals surface area contributed by atoms with Crippen molar-refractivity contribution in [2.45, 2.75) is 38.3 Å². The molecule has 2 unspecified atom stereocenters. The van der Waals surface area contributed by atoms with E-state index < -0.39 is 5.41 Å². The van der Waals surface area contributed by atoms with E-state index in [1.54, 1.807) is 0 Å². The van der Waals surface area contributed by atoms with Gasteiger partial charge in [-0.05, 0) is 24.5 Å². The number of β-lactam (4-membered cyclic amide) rings is 1. The van der Waals surface area contributed by atoms with Gasteiger partial charge in [-0.25, -0.2) is 5.06 Å². The summed E-state index contributed by atoms with van der Waals surface area (Å²) in [6.45, 7) is 4.55. The second kappa shape index (κ2) is 5.93. The molecule has 0 spiro atoms. The number of nitrogens with zero attached hydrogens (tertiary/aromatic N) is 1. The zero-order chi connectivity index (χ0) is 15.6. The third-order valence-electron chi connectivity index (χ3n) is 4.71. The number of hydrogen-bond acceptors (Lipinski definition) is 2. The van der Waals surface area contributed by atoms with Gasteiger partial charge in [0, 0.05) is 0 Å². The Morgan fingerprint density at radius 3 is 2.18 bits per heavy atom. The average Bonchev–Trinajstić information content (AvgIpc) is 2.58. The van der Waals surface area contributed by atoms with E-state index in [9.17, 15) is 4.79 Å². The summed E-state index contributed by atoms with van der Waals surface area (Å²) in [6, 6.07) is 20.0. The topological polar surface area (TPSA) is 29.5 Å². The quantitative estimate of drug-likeness (QED) is 0.787. The lowest BCUT2D eigenvalue weighted by Crippen LogP contribution is -2.69. The van der Waals surface area contributed by atoms with Gasteiger partial charge in [0.15, 0.2) is 0 Å². The minimum Gasteiger partial charge on any atom is -0.271 e. The van der Waals surface area contributed by atoms with E-state index in [0.717, 1.165) is 17.5 Å². The van der Waals surface area contributed by atoms with Crippen molar-refractivity contribution in [2.75, 3.05) is 0 Å². The molecule has 1 aliphatic heterocycles. The molecule has 0 aliphatic carbocycles. The molecule has 1 fully saturated rings. The minimum atomic E-state index is -0.446. The van der Waals surface area contributed by atoms with Crippen molar-refractivity contribution < 1.29 is 9.63 Å². The van der Waals surface area contributed by atoms with Gasteiger partial charge in [0.05, 0.1) is 11.5 Å². The molecule has 3 nitrogen and oxygen atoms in total. The van der Waals surface area contributed by atoms with Crippen LogP contribution in [-0.4, -0.2) is 17.0 Å². The van der Waals surface area contributed by atoms with Gasteiger partial charge < -0.3 is 0 Å². The molecular formula is C19H21NO2. The number of benzene rings is 2. The van der Waals surface area contributed by atoms with Crippen molar-refractivity contribution >= 4 is 5.91 Å². The molecule has 0 N–H and O–H groups in total. The van der Waals surface area contributed by atoms with Crippen molar-refractivity contribution in [1.29, 1.82) is 0 Å². The molecule has 3 heteroatoms. The molecule has 114 valence electrons. The van der Waals surface area contributed by atoms with Gasteiger partial charge in [0.1, 0.15) is 6.61 Å². The van der Waals surface area contributed by atoms with Crippen LogP contribution in [0.3, 0.4) is 0 Å². The van der Waals surface area contributed by atoms with Gasteiger partial charge in [-0.15, -0.1) is 0 Å². The summed E-state index contributed by atoms with van der Waals surface area (Å²) in [5.74, 6) is 0.0598. The lowest BCUT2D eigenvalue weighted by Gasteiger charge is -2.53. The van der Waals surface area contributed by atoms with Crippen LogP contribution >= 0.6 is 0 Å². The maximum absolute atomic E-state index is 12.7. The second-order valence-corrected chi connectivity index (χ2v) is 5.76. The predicted molar refractivity (Wildman–Crippen MR) is 86.0 cm³/mol. The van der Waals surface area contributed by atoms with Gasteiger partial charge in [-0.1, -0.05) is 67.6 Å². The molecule has 1 heterocycles. The zero-order valence-corrected chi connectivity index (χ0v) is 13.0. The Morgan fingerprint density at radius 2 is 1.64 bits per heavy atom. The molecule has 0 saturated carbocycles. The Hall–Kier alpha value is -2.13. The maximum atomic E-state index is 12.7. The first kappa shape index (κ1) is 14.8. The maximum Gasteiger partial charge on any atom is 0.259 e. The van der Waals surface area contributed by atoms with Crippen LogP contribution in [0.4, 0.5) is 0 Å². The van der Waals surface area contributed by atoms with Crippen molar-refractivity contribution in [2.24, 2.45) is 0 Å². The number of amides is 1. The second-order valence-electron chi connectivity index (χ2n) is 5.76.